The standard InChI is InChI=1S/C12H14BrN3O4S/c1-7-11(6-17)12(15-14-7)21(18,19)16-9-3-8(13)4-10(5-9)20-2/h3-5,16-17H,6H2,1-2H3,(H,14,15). The summed E-state index contributed by atoms with van der Waals surface area (Å²) in [5.41, 5.74) is 1.07. The van der Waals surface area contributed by atoms with Crippen LogP contribution >= 0.6 is 15.9 Å². The van der Waals surface area contributed by atoms with Crippen LogP contribution in [0.25, 0.3) is 0 Å². The Hall–Kier alpha value is -1.58. The number of benzene rings is 1. The summed E-state index contributed by atoms with van der Waals surface area (Å²) in [5.74, 6) is 0.502. The van der Waals surface area contributed by atoms with E-state index in [2.05, 4.69) is 30.8 Å². The molecule has 1 aromatic heterocycles. The maximum absolute atomic E-state index is 12.3. The Kier molecular flexibility index (Phi) is 4.55. The van der Waals surface area contributed by atoms with Crippen LogP contribution in [-0.2, 0) is 16.6 Å². The number of hydrogen-bond acceptors (Lipinski definition) is 5. The van der Waals surface area contributed by atoms with Gasteiger partial charge in [0.1, 0.15) is 5.75 Å². The van der Waals surface area contributed by atoms with Crippen LogP contribution in [0.15, 0.2) is 27.7 Å². The summed E-state index contributed by atoms with van der Waals surface area (Å²) in [6.07, 6.45) is 0. The Balaban J connectivity index is 2.39. The van der Waals surface area contributed by atoms with Crippen LogP contribution < -0.4 is 9.46 Å². The summed E-state index contributed by atoms with van der Waals surface area (Å²) in [4.78, 5) is 0. The lowest BCUT2D eigenvalue weighted by atomic mass is 10.3. The molecule has 2 rings (SSSR count). The number of sulfonamides is 1. The van der Waals surface area contributed by atoms with Gasteiger partial charge in [-0.1, -0.05) is 15.9 Å². The van der Waals surface area contributed by atoms with Gasteiger partial charge >= 0.3 is 0 Å². The highest BCUT2D eigenvalue weighted by molar-refractivity contribution is 9.10. The highest BCUT2D eigenvalue weighted by Gasteiger charge is 2.23. The number of aliphatic hydroxyl groups excluding tert-OH is 1. The molecule has 0 fully saturated rings. The lowest BCUT2D eigenvalue weighted by Crippen LogP contribution is -2.15. The molecule has 114 valence electrons. The number of aromatic nitrogens is 2. The molecule has 1 aromatic carbocycles. The van der Waals surface area contributed by atoms with E-state index in [1.54, 1.807) is 25.1 Å². The Labute approximate surface area is 130 Å². The molecule has 0 unspecified atom stereocenters. The van der Waals surface area contributed by atoms with Crippen LogP contribution in [0.3, 0.4) is 0 Å². The van der Waals surface area contributed by atoms with Gasteiger partial charge in [0, 0.05) is 21.8 Å². The molecule has 0 spiro atoms. The van der Waals surface area contributed by atoms with Crippen molar-refractivity contribution in [1.82, 2.24) is 10.2 Å². The SMILES string of the molecule is COc1cc(Br)cc(NS(=O)(=O)c2n[nH]c(C)c2CO)c1. The first kappa shape index (κ1) is 15.8. The quantitative estimate of drug-likeness (QED) is 0.738. The third-order valence-corrected chi connectivity index (χ3v) is 4.62. The van der Waals surface area contributed by atoms with E-state index in [9.17, 15) is 13.5 Å². The van der Waals surface area contributed by atoms with Crippen molar-refractivity contribution < 1.29 is 18.3 Å². The number of aliphatic hydroxyl groups is 1. The molecule has 0 aliphatic rings. The normalized spacial score (nSPS) is 11.4. The van der Waals surface area contributed by atoms with Gasteiger partial charge in [0.2, 0.25) is 5.03 Å². The van der Waals surface area contributed by atoms with E-state index in [4.69, 9.17) is 4.74 Å². The smallest absolute Gasteiger partial charge is 0.281 e. The van der Waals surface area contributed by atoms with E-state index in [1.165, 1.54) is 7.11 Å². The summed E-state index contributed by atoms with van der Waals surface area (Å²) >= 11 is 3.27. The second-order valence-electron chi connectivity index (χ2n) is 4.28. The average Bonchev–Trinajstić information content (AvgIpc) is 2.79. The number of aryl methyl sites for hydroxylation is 1. The number of hydrogen-bond donors (Lipinski definition) is 3. The molecule has 0 radical (unpaired) electrons. The van der Waals surface area contributed by atoms with Crippen molar-refractivity contribution in [2.24, 2.45) is 0 Å². The van der Waals surface area contributed by atoms with Crippen LogP contribution in [0.4, 0.5) is 5.69 Å². The monoisotopic (exact) mass is 375 g/mol. The van der Waals surface area contributed by atoms with Gasteiger partial charge in [0.15, 0.2) is 0 Å². The molecule has 0 aliphatic carbocycles. The van der Waals surface area contributed by atoms with Gasteiger partial charge in [0.25, 0.3) is 10.0 Å². The number of aromatic amines is 1. The molecule has 1 heterocycles. The zero-order chi connectivity index (χ0) is 15.6. The summed E-state index contributed by atoms with van der Waals surface area (Å²) in [5, 5.41) is 15.3. The predicted molar refractivity (Wildman–Crippen MR) is 80.8 cm³/mol. The summed E-state index contributed by atoms with van der Waals surface area (Å²) in [6, 6.07) is 4.84. The summed E-state index contributed by atoms with van der Waals surface area (Å²) in [7, 11) is -2.42. The highest BCUT2D eigenvalue weighted by Crippen LogP contribution is 2.27. The van der Waals surface area contributed by atoms with Crippen LogP contribution in [0.1, 0.15) is 11.3 Å². The molecule has 0 saturated carbocycles. The predicted octanol–water partition coefficient (Wildman–Crippen LogP) is 1.78. The lowest BCUT2D eigenvalue weighted by molar-refractivity contribution is 0.277. The van der Waals surface area contributed by atoms with Crippen LogP contribution in [0.2, 0.25) is 0 Å². The second kappa shape index (κ2) is 6.04. The molecule has 0 amide bonds. The first-order valence-electron chi connectivity index (χ1n) is 5.89. The third-order valence-electron chi connectivity index (χ3n) is 2.81. The molecule has 21 heavy (non-hydrogen) atoms. The minimum Gasteiger partial charge on any atom is -0.497 e. The number of ether oxygens (including phenoxy) is 1. The minimum atomic E-state index is -3.91. The second-order valence-corrected chi connectivity index (χ2v) is 6.79. The summed E-state index contributed by atoms with van der Waals surface area (Å²) < 4.78 is 32.8. The Morgan fingerprint density at radius 1 is 1.43 bits per heavy atom. The van der Waals surface area contributed by atoms with Gasteiger partial charge in [-0.15, -0.1) is 0 Å². The number of halogens is 1. The van der Waals surface area contributed by atoms with Crippen molar-refractivity contribution in [2.75, 3.05) is 11.8 Å². The molecule has 0 atom stereocenters. The fourth-order valence-electron chi connectivity index (χ4n) is 1.78. The number of rotatable bonds is 5. The zero-order valence-electron chi connectivity index (χ0n) is 11.3. The van der Waals surface area contributed by atoms with Gasteiger partial charge in [-0.2, -0.15) is 13.5 Å². The lowest BCUT2D eigenvalue weighted by Gasteiger charge is -2.09. The van der Waals surface area contributed by atoms with Crippen molar-refractivity contribution in [3.63, 3.8) is 0 Å². The van der Waals surface area contributed by atoms with Gasteiger partial charge in [0.05, 0.1) is 19.4 Å². The topological polar surface area (TPSA) is 104 Å². The zero-order valence-corrected chi connectivity index (χ0v) is 13.7. The average molecular weight is 376 g/mol. The number of methoxy groups -OCH3 is 1. The van der Waals surface area contributed by atoms with Crippen molar-refractivity contribution >= 4 is 31.6 Å². The van der Waals surface area contributed by atoms with Crippen molar-refractivity contribution in [3.8, 4) is 5.75 Å². The van der Waals surface area contributed by atoms with Gasteiger partial charge in [-0.25, -0.2) is 0 Å². The van der Waals surface area contributed by atoms with E-state index in [-0.39, 0.29) is 10.6 Å². The Morgan fingerprint density at radius 3 is 2.76 bits per heavy atom. The van der Waals surface area contributed by atoms with Gasteiger partial charge in [-0.05, 0) is 19.1 Å². The van der Waals surface area contributed by atoms with E-state index < -0.39 is 16.6 Å². The van der Waals surface area contributed by atoms with Crippen LogP contribution in [0.5, 0.6) is 5.75 Å². The first-order valence-corrected chi connectivity index (χ1v) is 8.17. The maximum Gasteiger partial charge on any atom is 0.281 e. The van der Waals surface area contributed by atoms with E-state index >= 15 is 0 Å². The molecule has 0 aliphatic heterocycles. The largest absolute Gasteiger partial charge is 0.497 e. The highest BCUT2D eigenvalue weighted by atomic mass is 79.9. The first-order chi connectivity index (χ1) is 9.87. The molecule has 3 N–H and O–H groups in total. The molecule has 7 nitrogen and oxygen atoms in total. The fraction of sp³-hybridized carbons (Fsp3) is 0.250. The Morgan fingerprint density at radius 2 is 2.14 bits per heavy atom. The van der Waals surface area contributed by atoms with Gasteiger partial charge in [-0.3, -0.25) is 9.82 Å². The molecular weight excluding hydrogens is 362 g/mol. The molecule has 9 heteroatoms. The molecule has 2 aromatic rings. The molecule has 0 bridgehead atoms. The fourth-order valence-corrected chi connectivity index (χ4v) is 3.49. The van der Waals surface area contributed by atoms with Crippen LogP contribution in [0, 0.1) is 6.92 Å². The van der Waals surface area contributed by atoms with Crippen molar-refractivity contribution in [1.29, 1.82) is 0 Å². The van der Waals surface area contributed by atoms with E-state index in [0.717, 1.165) is 0 Å². The van der Waals surface area contributed by atoms with E-state index in [0.29, 0.717) is 21.6 Å². The van der Waals surface area contributed by atoms with Crippen molar-refractivity contribution in [2.45, 2.75) is 18.6 Å². The Bertz CT molecular complexity index is 758. The summed E-state index contributed by atoms with van der Waals surface area (Å²) in [6.45, 7) is 1.22. The maximum atomic E-state index is 12.3. The van der Waals surface area contributed by atoms with E-state index in [1.807, 2.05) is 0 Å². The number of H-pyrrole nitrogens is 1. The molecular formula is C12H14BrN3O4S. The molecule has 0 saturated heterocycles. The number of anilines is 1. The number of nitrogens with one attached hydrogen (secondary N) is 2. The van der Waals surface area contributed by atoms with Crippen LogP contribution in [-0.4, -0.2) is 30.8 Å². The van der Waals surface area contributed by atoms with Gasteiger partial charge < -0.3 is 9.84 Å². The third kappa shape index (κ3) is 3.36. The van der Waals surface area contributed by atoms with Crippen molar-refractivity contribution in [3.05, 3.63) is 33.9 Å². The number of nitrogens with zero attached hydrogens (tertiary/aromatic N) is 1. The minimum absolute atomic E-state index is 0.221.